The summed E-state index contributed by atoms with van der Waals surface area (Å²) in [5.41, 5.74) is 2.53. The van der Waals surface area contributed by atoms with Crippen LogP contribution in [0, 0.1) is 0 Å². The smallest absolute Gasteiger partial charge is 0.0806 e. The molecule has 0 unspecified atom stereocenters. The van der Waals surface area contributed by atoms with E-state index in [1.54, 1.807) is 0 Å². The van der Waals surface area contributed by atoms with E-state index in [1.165, 1.54) is 11.3 Å². The molecule has 0 bridgehead atoms. The Hall–Kier alpha value is -1.05. The number of rotatable bonds is 0. The van der Waals surface area contributed by atoms with Gasteiger partial charge in [0.1, 0.15) is 0 Å². The Morgan fingerprint density at radius 1 is 1.40 bits per heavy atom. The molecule has 0 fully saturated rings. The largest absolute Gasteiger partial charge is 0.291 e. The highest BCUT2D eigenvalue weighted by Gasteiger charge is 2.09. The molecule has 0 spiro atoms. The minimum absolute atomic E-state index is 0.791. The maximum absolute atomic E-state index is 4.33. The van der Waals surface area contributed by atoms with Crippen LogP contribution in [0.1, 0.15) is 6.42 Å². The molecule has 0 atom stereocenters. The predicted octanol–water partition coefficient (Wildman–Crippen LogP) is 0.889. The fourth-order valence-corrected chi connectivity index (χ4v) is 1.21. The molecule has 0 saturated heterocycles. The van der Waals surface area contributed by atoms with Crippen LogP contribution in [-0.4, -0.2) is 19.3 Å². The monoisotopic (exact) mass is 133 g/mol. The van der Waals surface area contributed by atoms with E-state index in [0.29, 0.717) is 0 Å². The van der Waals surface area contributed by atoms with Crippen molar-refractivity contribution in [3.63, 3.8) is 0 Å². The molecule has 0 aromatic carbocycles. The van der Waals surface area contributed by atoms with Crippen molar-refractivity contribution in [2.24, 2.45) is 4.99 Å². The third-order valence-corrected chi connectivity index (χ3v) is 1.76. The quantitative estimate of drug-likeness (QED) is 0.469. The van der Waals surface area contributed by atoms with Crippen molar-refractivity contribution in [3.8, 4) is 0 Å². The summed E-state index contributed by atoms with van der Waals surface area (Å²) in [5.74, 6) is 0. The van der Waals surface area contributed by atoms with Gasteiger partial charge in [-0.25, -0.2) is 0 Å². The van der Waals surface area contributed by atoms with Crippen molar-refractivity contribution < 1.29 is 0 Å². The molecule has 10 heavy (non-hydrogen) atoms. The van der Waals surface area contributed by atoms with Crippen LogP contribution in [0.4, 0.5) is 0 Å². The summed E-state index contributed by atoms with van der Waals surface area (Å²) in [4.78, 5) is 4.15. The van der Waals surface area contributed by atoms with Gasteiger partial charge in [-0.15, -0.1) is 0 Å². The molecule has 2 heterocycles. The van der Waals surface area contributed by atoms with Crippen molar-refractivity contribution in [3.05, 3.63) is 23.4 Å². The number of aliphatic imine (C=N–C) groups is 1. The van der Waals surface area contributed by atoms with Gasteiger partial charge >= 0.3 is 0 Å². The molecule has 51 valence electrons. The second-order valence-electron chi connectivity index (χ2n) is 2.44. The first-order chi connectivity index (χ1) is 4.97. The summed E-state index contributed by atoms with van der Waals surface area (Å²) >= 11 is 0. The van der Waals surface area contributed by atoms with Gasteiger partial charge in [0.15, 0.2) is 0 Å². The normalized spacial score (nSPS) is 22.4. The Morgan fingerprint density at radius 3 is 3.30 bits per heavy atom. The zero-order chi connectivity index (χ0) is 6.81. The standard InChI is InChI=1S/C8H9N2/c1-2-7-3-5-9-6-8(7)10-4-1/h1-2,5H,3-4,6H2. The van der Waals surface area contributed by atoms with Gasteiger partial charge in [-0.1, -0.05) is 12.2 Å². The molecule has 2 heteroatoms. The first-order valence-corrected chi connectivity index (χ1v) is 3.51. The first-order valence-electron chi connectivity index (χ1n) is 3.51. The number of nitrogens with zero attached hydrogens (tertiary/aromatic N) is 2. The molecule has 2 nitrogen and oxygen atoms in total. The highest BCUT2D eigenvalue weighted by molar-refractivity contribution is 5.65. The van der Waals surface area contributed by atoms with Crippen LogP contribution < -0.4 is 5.32 Å². The SMILES string of the molecule is C1=CC2=C(CN=CC2)[N]C1. The van der Waals surface area contributed by atoms with E-state index in [-0.39, 0.29) is 0 Å². The van der Waals surface area contributed by atoms with Gasteiger partial charge in [0.05, 0.1) is 18.8 Å². The lowest BCUT2D eigenvalue weighted by molar-refractivity contribution is 0.805. The Labute approximate surface area is 60.3 Å². The number of dihydropyridines is 1. The lowest BCUT2D eigenvalue weighted by Crippen LogP contribution is -2.16. The fraction of sp³-hybridized carbons (Fsp3) is 0.375. The third kappa shape index (κ3) is 0.856. The van der Waals surface area contributed by atoms with Crippen LogP contribution in [0.2, 0.25) is 0 Å². The molecule has 0 aromatic rings. The fourth-order valence-electron chi connectivity index (χ4n) is 1.21. The average Bonchev–Trinajstić information content (AvgIpc) is 2.05. The van der Waals surface area contributed by atoms with E-state index in [0.717, 1.165) is 19.5 Å². The molecule has 0 aromatic heterocycles. The van der Waals surface area contributed by atoms with E-state index >= 15 is 0 Å². The van der Waals surface area contributed by atoms with Crippen LogP contribution in [0.15, 0.2) is 28.4 Å². The van der Waals surface area contributed by atoms with Crippen LogP contribution in [0.5, 0.6) is 0 Å². The van der Waals surface area contributed by atoms with Crippen LogP contribution in [0.3, 0.4) is 0 Å². The molecule has 0 saturated carbocycles. The Bertz CT molecular complexity index is 223. The van der Waals surface area contributed by atoms with Gasteiger partial charge in [-0.3, -0.25) is 10.3 Å². The topological polar surface area (TPSA) is 26.5 Å². The van der Waals surface area contributed by atoms with E-state index < -0.39 is 0 Å². The number of hydrogen-bond acceptors (Lipinski definition) is 1. The summed E-state index contributed by atoms with van der Waals surface area (Å²) in [7, 11) is 0. The summed E-state index contributed by atoms with van der Waals surface area (Å²) in [6.45, 7) is 1.63. The van der Waals surface area contributed by atoms with E-state index in [1.807, 2.05) is 6.21 Å². The molecule has 2 aliphatic rings. The predicted molar refractivity (Wildman–Crippen MR) is 41.1 cm³/mol. The molecule has 2 rings (SSSR count). The number of hydrogen-bond donors (Lipinski definition) is 0. The second-order valence-corrected chi connectivity index (χ2v) is 2.44. The summed E-state index contributed by atoms with van der Waals surface area (Å²) < 4.78 is 0. The van der Waals surface area contributed by atoms with Crippen molar-refractivity contribution >= 4 is 6.21 Å². The third-order valence-electron chi connectivity index (χ3n) is 1.76. The van der Waals surface area contributed by atoms with Crippen LogP contribution in [-0.2, 0) is 0 Å². The molecule has 1 radical (unpaired) electrons. The first kappa shape index (κ1) is 5.71. The van der Waals surface area contributed by atoms with Crippen molar-refractivity contribution in [1.29, 1.82) is 0 Å². The molecular formula is C8H9N2. The van der Waals surface area contributed by atoms with Gasteiger partial charge in [-0.2, -0.15) is 0 Å². The zero-order valence-electron chi connectivity index (χ0n) is 5.75. The van der Waals surface area contributed by atoms with Gasteiger partial charge in [0.2, 0.25) is 0 Å². The minimum Gasteiger partial charge on any atom is -0.291 e. The molecule has 2 aliphatic heterocycles. The maximum atomic E-state index is 4.33. The Morgan fingerprint density at radius 2 is 2.40 bits per heavy atom. The lowest BCUT2D eigenvalue weighted by atomic mass is 10.1. The Kier molecular flexibility index (Phi) is 1.31. The molecule has 0 aliphatic carbocycles. The van der Waals surface area contributed by atoms with Gasteiger partial charge in [0.25, 0.3) is 0 Å². The van der Waals surface area contributed by atoms with Crippen LogP contribution in [0.25, 0.3) is 0 Å². The van der Waals surface area contributed by atoms with Crippen molar-refractivity contribution in [2.45, 2.75) is 6.42 Å². The minimum atomic E-state index is 0.791. The van der Waals surface area contributed by atoms with Crippen molar-refractivity contribution in [1.82, 2.24) is 5.32 Å². The zero-order valence-corrected chi connectivity index (χ0v) is 5.75. The van der Waals surface area contributed by atoms with Crippen LogP contribution >= 0.6 is 0 Å². The second kappa shape index (κ2) is 2.29. The number of allylic oxidation sites excluding steroid dienone is 2. The maximum Gasteiger partial charge on any atom is 0.0806 e. The van der Waals surface area contributed by atoms with Gasteiger partial charge in [-0.05, 0) is 5.57 Å². The highest BCUT2D eigenvalue weighted by Crippen LogP contribution is 2.15. The van der Waals surface area contributed by atoms with E-state index in [2.05, 4.69) is 22.5 Å². The summed E-state index contributed by atoms with van der Waals surface area (Å²) in [6, 6.07) is 0. The molecular weight excluding hydrogens is 124 g/mol. The van der Waals surface area contributed by atoms with Gasteiger partial charge in [0, 0.05) is 12.6 Å². The lowest BCUT2D eigenvalue weighted by Gasteiger charge is -2.15. The van der Waals surface area contributed by atoms with Gasteiger partial charge < -0.3 is 0 Å². The Balaban J connectivity index is 2.25. The average molecular weight is 133 g/mol. The van der Waals surface area contributed by atoms with E-state index in [9.17, 15) is 0 Å². The highest BCUT2D eigenvalue weighted by atomic mass is 14.9. The van der Waals surface area contributed by atoms with Crippen molar-refractivity contribution in [2.75, 3.05) is 13.1 Å². The van der Waals surface area contributed by atoms with E-state index in [4.69, 9.17) is 0 Å². The molecule has 0 amide bonds. The summed E-state index contributed by atoms with van der Waals surface area (Å²) in [6.07, 6.45) is 7.19. The summed E-state index contributed by atoms with van der Waals surface area (Å²) in [5, 5.41) is 4.33. The molecule has 0 N–H and O–H groups in total.